The van der Waals surface area contributed by atoms with Gasteiger partial charge in [0.2, 0.25) is 0 Å². The van der Waals surface area contributed by atoms with Gasteiger partial charge in [-0.2, -0.15) is 0 Å². The summed E-state index contributed by atoms with van der Waals surface area (Å²) < 4.78 is 0. The molecule has 1 aromatic carbocycles. The van der Waals surface area contributed by atoms with Crippen molar-refractivity contribution in [1.29, 1.82) is 0 Å². The van der Waals surface area contributed by atoms with Gasteiger partial charge in [-0.05, 0) is 24.1 Å². The third kappa shape index (κ3) is 4.79. The average Bonchev–Trinajstić information content (AvgIpc) is 2.29. The molecule has 18 heavy (non-hydrogen) atoms. The minimum atomic E-state index is -0.0351. The average molecular weight is 249 g/mol. The largest absolute Gasteiger partial charge is 0.396 e. The van der Waals surface area contributed by atoms with E-state index in [2.05, 4.69) is 63.9 Å². The van der Waals surface area contributed by atoms with E-state index >= 15 is 0 Å². The van der Waals surface area contributed by atoms with Crippen molar-refractivity contribution >= 4 is 0 Å². The zero-order valence-electron chi connectivity index (χ0n) is 12.4. The second-order valence-corrected chi connectivity index (χ2v) is 6.39. The van der Waals surface area contributed by atoms with Crippen molar-refractivity contribution in [3.05, 3.63) is 35.4 Å². The molecule has 0 unspecified atom stereocenters. The normalized spacial score (nSPS) is 12.4. The molecule has 0 heterocycles. The summed E-state index contributed by atoms with van der Waals surface area (Å²) in [6.07, 6.45) is 0. The van der Waals surface area contributed by atoms with Crippen molar-refractivity contribution in [2.24, 2.45) is 5.41 Å². The highest BCUT2D eigenvalue weighted by atomic mass is 16.3. The number of hydrogen-bond acceptors (Lipinski definition) is 2. The maximum absolute atomic E-state index is 9.28. The van der Waals surface area contributed by atoms with Gasteiger partial charge >= 0.3 is 0 Å². The quantitative estimate of drug-likeness (QED) is 0.836. The molecule has 0 fully saturated rings. The van der Waals surface area contributed by atoms with Crippen LogP contribution >= 0.6 is 0 Å². The summed E-state index contributed by atoms with van der Waals surface area (Å²) in [6, 6.07) is 8.84. The predicted octanol–water partition coefficient (Wildman–Crippen LogP) is 3.26. The third-order valence-electron chi connectivity index (χ3n) is 3.22. The molecule has 0 bridgehead atoms. The highest BCUT2D eigenvalue weighted by molar-refractivity contribution is 5.24. The molecule has 0 saturated heterocycles. The summed E-state index contributed by atoms with van der Waals surface area (Å²) >= 11 is 0. The minimum Gasteiger partial charge on any atom is -0.396 e. The van der Waals surface area contributed by atoms with E-state index in [0.717, 1.165) is 13.1 Å². The van der Waals surface area contributed by atoms with Gasteiger partial charge in [0, 0.05) is 25.1 Å². The number of rotatable bonds is 6. The van der Waals surface area contributed by atoms with Crippen LogP contribution in [-0.2, 0) is 6.54 Å². The molecule has 0 spiro atoms. The molecule has 0 aromatic heterocycles. The van der Waals surface area contributed by atoms with E-state index in [1.165, 1.54) is 11.1 Å². The Bertz CT molecular complexity index is 354. The van der Waals surface area contributed by atoms with Crippen LogP contribution in [0.4, 0.5) is 0 Å². The molecule has 0 aliphatic rings. The topological polar surface area (TPSA) is 23.5 Å². The molecule has 0 aliphatic heterocycles. The first kappa shape index (κ1) is 15.2. The number of hydrogen-bond donors (Lipinski definition) is 1. The highest BCUT2D eigenvalue weighted by Gasteiger charge is 2.18. The van der Waals surface area contributed by atoms with Gasteiger partial charge < -0.3 is 10.0 Å². The van der Waals surface area contributed by atoms with Gasteiger partial charge in [-0.3, -0.25) is 0 Å². The Morgan fingerprint density at radius 3 is 2.17 bits per heavy atom. The molecule has 2 heteroatoms. The fourth-order valence-electron chi connectivity index (χ4n) is 2.16. The molecule has 1 N–H and O–H groups in total. The molecule has 0 atom stereocenters. The van der Waals surface area contributed by atoms with Crippen LogP contribution in [0, 0.1) is 5.41 Å². The van der Waals surface area contributed by atoms with Crippen LogP contribution < -0.4 is 0 Å². The van der Waals surface area contributed by atoms with Crippen LogP contribution in [0.2, 0.25) is 0 Å². The summed E-state index contributed by atoms with van der Waals surface area (Å²) in [4.78, 5) is 2.26. The van der Waals surface area contributed by atoms with Crippen molar-refractivity contribution in [3.63, 3.8) is 0 Å². The molecular formula is C16H27NO. The maximum atomic E-state index is 9.28. The van der Waals surface area contributed by atoms with Crippen molar-refractivity contribution in [2.75, 3.05) is 20.2 Å². The summed E-state index contributed by atoms with van der Waals surface area (Å²) in [7, 11) is 2.10. The van der Waals surface area contributed by atoms with E-state index in [9.17, 15) is 5.11 Å². The molecule has 0 amide bonds. The molecule has 0 radical (unpaired) electrons. The fraction of sp³-hybridized carbons (Fsp3) is 0.625. The minimum absolute atomic E-state index is 0.0351. The fourth-order valence-corrected chi connectivity index (χ4v) is 2.16. The predicted molar refractivity (Wildman–Crippen MR) is 77.7 cm³/mol. The van der Waals surface area contributed by atoms with Crippen LogP contribution in [0.5, 0.6) is 0 Å². The van der Waals surface area contributed by atoms with E-state index < -0.39 is 0 Å². The Balaban J connectivity index is 2.57. The van der Waals surface area contributed by atoms with Crippen LogP contribution in [0.3, 0.4) is 0 Å². The van der Waals surface area contributed by atoms with Gasteiger partial charge in [-0.15, -0.1) is 0 Å². The van der Waals surface area contributed by atoms with E-state index in [1.807, 2.05) is 0 Å². The van der Waals surface area contributed by atoms with Gasteiger partial charge in [0.1, 0.15) is 0 Å². The van der Waals surface area contributed by atoms with Gasteiger partial charge in [0.15, 0.2) is 0 Å². The van der Waals surface area contributed by atoms with Gasteiger partial charge in [0.25, 0.3) is 0 Å². The zero-order valence-corrected chi connectivity index (χ0v) is 12.4. The summed E-state index contributed by atoms with van der Waals surface area (Å²) in [5.74, 6) is 0.588. The number of aliphatic hydroxyl groups is 1. The first-order valence-corrected chi connectivity index (χ1v) is 6.72. The first-order valence-electron chi connectivity index (χ1n) is 6.72. The van der Waals surface area contributed by atoms with E-state index in [4.69, 9.17) is 0 Å². The summed E-state index contributed by atoms with van der Waals surface area (Å²) in [5.41, 5.74) is 2.68. The Morgan fingerprint density at radius 1 is 1.17 bits per heavy atom. The van der Waals surface area contributed by atoms with Crippen LogP contribution in [0.15, 0.2) is 24.3 Å². The Kier molecular flexibility index (Phi) is 5.36. The Hall–Kier alpha value is -0.860. The molecule has 102 valence electrons. The monoisotopic (exact) mass is 249 g/mol. The van der Waals surface area contributed by atoms with Crippen LogP contribution in [0.1, 0.15) is 44.7 Å². The van der Waals surface area contributed by atoms with E-state index in [1.54, 1.807) is 0 Å². The molecule has 1 aromatic rings. The zero-order chi connectivity index (χ0) is 13.8. The number of aliphatic hydroxyl groups excluding tert-OH is 1. The summed E-state index contributed by atoms with van der Waals surface area (Å²) in [6.45, 7) is 10.7. The van der Waals surface area contributed by atoms with Crippen LogP contribution in [-0.4, -0.2) is 30.2 Å². The number of nitrogens with zero attached hydrogens (tertiary/aromatic N) is 1. The van der Waals surface area contributed by atoms with E-state index in [0.29, 0.717) is 5.92 Å². The van der Waals surface area contributed by atoms with Gasteiger partial charge in [0.05, 0.1) is 0 Å². The molecule has 0 saturated carbocycles. The second kappa shape index (κ2) is 6.35. The smallest absolute Gasteiger partial charge is 0.0494 e. The maximum Gasteiger partial charge on any atom is 0.0494 e. The lowest BCUT2D eigenvalue weighted by atomic mass is 9.94. The third-order valence-corrected chi connectivity index (χ3v) is 3.22. The number of benzene rings is 1. The highest BCUT2D eigenvalue weighted by Crippen LogP contribution is 2.18. The van der Waals surface area contributed by atoms with Crippen molar-refractivity contribution in [2.45, 2.75) is 40.2 Å². The lowest BCUT2D eigenvalue weighted by molar-refractivity contribution is 0.112. The lowest BCUT2D eigenvalue weighted by Crippen LogP contribution is -2.33. The standard InChI is InChI=1S/C16H27NO/c1-13(2)15-8-6-14(7-9-15)10-17(5)11-16(3,4)12-18/h6-9,13,18H,10-12H2,1-5H3. The SMILES string of the molecule is CC(C)c1ccc(CN(C)CC(C)(C)CO)cc1. The van der Waals surface area contributed by atoms with Crippen molar-refractivity contribution < 1.29 is 5.11 Å². The summed E-state index contributed by atoms with van der Waals surface area (Å²) in [5, 5.41) is 9.28. The van der Waals surface area contributed by atoms with Crippen molar-refractivity contribution in [1.82, 2.24) is 4.90 Å². The Labute approximate surface area is 112 Å². The molecule has 1 rings (SSSR count). The second-order valence-electron chi connectivity index (χ2n) is 6.39. The van der Waals surface area contributed by atoms with Crippen LogP contribution in [0.25, 0.3) is 0 Å². The molecule has 0 aliphatic carbocycles. The Morgan fingerprint density at radius 2 is 1.72 bits per heavy atom. The van der Waals surface area contributed by atoms with Gasteiger partial charge in [-0.1, -0.05) is 52.0 Å². The first-order chi connectivity index (χ1) is 8.34. The lowest BCUT2D eigenvalue weighted by Gasteiger charge is -2.28. The van der Waals surface area contributed by atoms with E-state index in [-0.39, 0.29) is 12.0 Å². The molecule has 2 nitrogen and oxygen atoms in total. The van der Waals surface area contributed by atoms with Crippen molar-refractivity contribution in [3.8, 4) is 0 Å². The molecular weight excluding hydrogens is 222 g/mol. The van der Waals surface area contributed by atoms with Gasteiger partial charge in [-0.25, -0.2) is 0 Å².